The second-order valence-corrected chi connectivity index (χ2v) is 13.1. The van der Waals surface area contributed by atoms with Gasteiger partial charge in [-0.2, -0.15) is 0 Å². The van der Waals surface area contributed by atoms with Crippen molar-refractivity contribution in [1.82, 2.24) is 9.55 Å². The average Bonchev–Trinajstić information content (AvgIpc) is 3.48. The molecule has 0 aliphatic carbocycles. The molecule has 0 atom stereocenters. The average molecular weight is 708 g/mol. The molecule has 5 nitrogen and oxygen atoms in total. The molecule has 0 unspecified atom stereocenters. The maximum absolute atomic E-state index is 10.9. The first-order valence-corrected chi connectivity index (χ1v) is 17.3. The number of terminal acetylenes is 1. The number of halogens is 6. The Labute approximate surface area is 285 Å². The van der Waals surface area contributed by atoms with Crippen LogP contribution in [-0.2, 0) is 13.1 Å². The molecule has 1 aromatic heterocycles. The normalized spacial score (nSPS) is 12.5. The van der Waals surface area contributed by atoms with Gasteiger partial charge in [0.2, 0.25) is 0 Å². The fourth-order valence-electron chi connectivity index (χ4n) is 5.21. The predicted octanol–water partition coefficient (Wildman–Crippen LogP) is 10.2. The zero-order valence-electron chi connectivity index (χ0n) is 26.4. The zero-order valence-corrected chi connectivity index (χ0v) is 27.3. The molecule has 0 aliphatic rings. The number of hydrogen-bond acceptors (Lipinski definition) is 3. The van der Waals surface area contributed by atoms with E-state index in [1.165, 1.54) is 11.1 Å². The van der Waals surface area contributed by atoms with Gasteiger partial charge < -0.3 is 15.2 Å². The number of benzene rings is 5. The number of phenolic OH excluding ortho intramolecular Hbond substituents is 1. The molecule has 1 heterocycles. The SMILES string of the molecule is C#CCOc1ccc(C[NH2+]Cc2ccc(-n3c(-c4ccccc4O)nc(-c4ccccc4)c3-c3ccccc3)cc2)cc1.F[P-](F)(F)(F)(F)F. The van der Waals surface area contributed by atoms with Crippen molar-refractivity contribution in [2.45, 2.75) is 13.1 Å². The summed E-state index contributed by atoms with van der Waals surface area (Å²) in [6, 6.07) is 44.5. The third-order valence-corrected chi connectivity index (χ3v) is 7.32. The third kappa shape index (κ3) is 10.5. The van der Waals surface area contributed by atoms with E-state index in [4.69, 9.17) is 16.1 Å². The van der Waals surface area contributed by atoms with Gasteiger partial charge in [-0.15, -0.1) is 6.42 Å². The first-order chi connectivity index (χ1) is 23.7. The molecule has 50 heavy (non-hydrogen) atoms. The first-order valence-electron chi connectivity index (χ1n) is 15.3. The molecule has 0 radical (unpaired) electrons. The summed E-state index contributed by atoms with van der Waals surface area (Å²) in [4.78, 5) is 5.17. The molecule has 0 spiro atoms. The number of para-hydroxylation sites is 1. The van der Waals surface area contributed by atoms with E-state index in [-0.39, 0.29) is 12.4 Å². The van der Waals surface area contributed by atoms with Gasteiger partial charge in [0.15, 0.2) is 0 Å². The minimum atomic E-state index is -10.7. The van der Waals surface area contributed by atoms with Gasteiger partial charge in [-0.3, -0.25) is 4.57 Å². The van der Waals surface area contributed by atoms with Crippen molar-refractivity contribution in [3.05, 3.63) is 145 Å². The van der Waals surface area contributed by atoms with Crippen LogP contribution in [0.15, 0.2) is 133 Å². The summed E-state index contributed by atoms with van der Waals surface area (Å²) in [7, 11) is -10.7. The monoisotopic (exact) mass is 707 g/mol. The number of aromatic nitrogens is 2. The van der Waals surface area contributed by atoms with E-state index in [1.807, 2.05) is 66.7 Å². The van der Waals surface area contributed by atoms with Crippen molar-refractivity contribution >= 4 is 7.81 Å². The molecule has 3 N–H and O–H groups in total. The molecule has 0 bridgehead atoms. The van der Waals surface area contributed by atoms with Crippen molar-refractivity contribution < 1.29 is 40.3 Å². The first kappa shape index (κ1) is 35.7. The molecule has 0 saturated heterocycles. The Morgan fingerprint density at radius 1 is 0.680 bits per heavy atom. The molecule has 0 aliphatic heterocycles. The quantitative estimate of drug-likeness (QED) is 0.0847. The van der Waals surface area contributed by atoms with Gasteiger partial charge in [0.05, 0.1) is 17.0 Å². The number of nitrogens with two attached hydrogens (primary N) is 1. The summed E-state index contributed by atoms with van der Waals surface area (Å²) in [5, 5.41) is 13.2. The van der Waals surface area contributed by atoms with Crippen molar-refractivity contribution in [2.24, 2.45) is 0 Å². The summed E-state index contributed by atoms with van der Waals surface area (Å²) in [5.41, 5.74) is 7.97. The van der Waals surface area contributed by atoms with Gasteiger partial charge in [0.1, 0.15) is 37.0 Å². The Hall–Kier alpha value is -5.56. The summed E-state index contributed by atoms with van der Waals surface area (Å²) in [5.74, 6) is 4.14. The Kier molecular flexibility index (Phi) is 10.1. The molecule has 12 heteroatoms. The Morgan fingerprint density at radius 2 is 1.18 bits per heavy atom. The van der Waals surface area contributed by atoms with Crippen molar-refractivity contribution in [3.63, 3.8) is 0 Å². The number of ether oxygens (including phenoxy) is 1. The van der Waals surface area contributed by atoms with E-state index < -0.39 is 7.81 Å². The van der Waals surface area contributed by atoms with Crippen LogP contribution in [0.25, 0.3) is 39.6 Å². The summed E-state index contributed by atoms with van der Waals surface area (Å²) in [6.07, 6.45) is 5.27. The number of aromatic hydroxyl groups is 1. The van der Waals surface area contributed by atoms with Crippen molar-refractivity contribution in [3.8, 4) is 63.4 Å². The molecule has 6 rings (SSSR count). The summed E-state index contributed by atoms with van der Waals surface area (Å²) >= 11 is 0. The standard InChI is InChI=1S/C38H31N3O2.F6P/c1-2-25-43-33-23-19-29(20-24-33)27-39-26-28-17-21-32(22-18-28)41-37(31-13-7-4-8-14-31)36(30-11-5-3-6-12-30)40-38(41)34-15-9-10-16-35(34)42;1-7(2,3,4,5)6/h1,3-24,39,42H,25-27H2;/q;-1/p+1. The third-order valence-electron chi connectivity index (χ3n) is 7.32. The van der Waals surface area contributed by atoms with Crippen molar-refractivity contribution in [1.29, 1.82) is 0 Å². The van der Waals surface area contributed by atoms with Crippen LogP contribution in [0, 0.1) is 12.3 Å². The predicted molar refractivity (Wildman–Crippen MR) is 185 cm³/mol. The molecule has 6 aromatic rings. The Morgan fingerprint density at radius 3 is 1.72 bits per heavy atom. The van der Waals surface area contributed by atoms with Crippen LogP contribution in [-0.4, -0.2) is 21.3 Å². The van der Waals surface area contributed by atoms with E-state index in [2.05, 4.69) is 76.5 Å². The van der Waals surface area contributed by atoms with Gasteiger partial charge in [-0.05, 0) is 48.5 Å². The maximum atomic E-state index is 10.9. The van der Waals surface area contributed by atoms with E-state index in [9.17, 15) is 30.3 Å². The van der Waals surface area contributed by atoms with E-state index >= 15 is 0 Å². The van der Waals surface area contributed by atoms with E-state index in [0.29, 0.717) is 11.4 Å². The number of rotatable bonds is 10. The molecular formula is C38H32F6N3O2P. The molecular weight excluding hydrogens is 675 g/mol. The topological polar surface area (TPSA) is 63.9 Å². The summed E-state index contributed by atoms with van der Waals surface area (Å²) < 4.78 is 66.8. The van der Waals surface area contributed by atoms with Crippen LogP contribution in [0.4, 0.5) is 25.2 Å². The zero-order chi connectivity index (χ0) is 35.8. The van der Waals surface area contributed by atoms with E-state index in [0.717, 1.165) is 47.0 Å². The number of nitrogens with zero attached hydrogens (tertiary/aromatic N) is 2. The van der Waals surface area contributed by atoms with Crippen molar-refractivity contribution in [2.75, 3.05) is 6.61 Å². The second kappa shape index (κ2) is 14.1. The van der Waals surface area contributed by atoms with E-state index in [1.54, 1.807) is 6.07 Å². The molecule has 0 saturated carbocycles. The van der Waals surface area contributed by atoms with Gasteiger partial charge in [-0.1, -0.05) is 90.8 Å². The Bertz CT molecular complexity index is 2070. The van der Waals surface area contributed by atoms with Crippen LogP contribution >= 0.6 is 7.81 Å². The fraction of sp³-hybridized carbons (Fsp3) is 0.0789. The second-order valence-electron chi connectivity index (χ2n) is 11.2. The number of imidazole rings is 1. The molecule has 0 fully saturated rings. The van der Waals surface area contributed by atoms with Gasteiger partial charge in [0.25, 0.3) is 0 Å². The number of quaternary nitrogens is 1. The van der Waals surface area contributed by atoms with Crippen LogP contribution < -0.4 is 10.1 Å². The fourth-order valence-corrected chi connectivity index (χ4v) is 5.21. The van der Waals surface area contributed by atoms with Gasteiger partial charge in [-0.25, -0.2) is 4.98 Å². The van der Waals surface area contributed by atoms with Crippen LogP contribution in [0.1, 0.15) is 11.1 Å². The summed E-state index contributed by atoms with van der Waals surface area (Å²) in [6.45, 7) is 1.97. The molecule has 0 amide bonds. The number of phenols is 1. The van der Waals surface area contributed by atoms with Crippen LogP contribution in [0.5, 0.6) is 11.5 Å². The van der Waals surface area contributed by atoms with Gasteiger partial charge in [0, 0.05) is 27.9 Å². The minimum absolute atomic E-state index is 0.190. The van der Waals surface area contributed by atoms with Gasteiger partial charge >= 0.3 is 33.0 Å². The molecule has 5 aromatic carbocycles. The number of hydrogen-bond donors (Lipinski definition) is 2. The van der Waals surface area contributed by atoms with Crippen LogP contribution in [0.3, 0.4) is 0 Å². The van der Waals surface area contributed by atoms with Crippen LogP contribution in [0.2, 0.25) is 0 Å². The Balaban J connectivity index is 0.000000630. The molecule has 258 valence electrons.